The first-order valence-corrected chi connectivity index (χ1v) is 10.7. The largest absolute Gasteiger partial charge is 0.355 e. The third-order valence-electron chi connectivity index (χ3n) is 3.89. The highest BCUT2D eigenvalue weighted by Gasteiger charge is 2.16. The summed E-state index contributed by atoms with van der Waals surface area (Å²) in [7, 11) is -2.38. The fourth-order valence-corrected chi connectivity index (χ4v) is 4.25. The molecule has 0 saturated heterocycles. The van der Waals surface area contributed by atoms with Gasteiger partial charge in [0, 0.05) is 18.3 Å². The van der Waals surface area contributed by atoms with Crippen molar-refractivity contribution in [2.24, 2.45) is 0 Å². The topological polar surface area (TPSA) is 104 Å². The van der Waals surface area contributed by atoms with Gasteiger partial charge in [0.15, 0.2) is 0 Å². The molecule has 2 aromatic carbocycles. The first kappa shape index (κ1) is 20.5. The van der Waals surface area contributed by atoms with Crippen LogP contribution in [0, 0.1) is 5.82 Å². The van der Waals surface area contributed by atoms with E-state index in [0.717, 1.165) is 24.3 Å². The minimum absolute atomic E-state index is 0.0832. The lowest BCUT2D eigenvalue weighted by Gasteiger charge is -2.09. The van der Waals surface area contributed by atoms with E-state index in [2.05, 4.69) is 15.4 Å². The molecule has 0 radical (unpaired) electrons. The van der Waals surface area contributed by atoms with Crippen LogP contribution in [0.3, 0.4) is 0 Å². The Balaban J connectivity index is 1.71. The van der Waals surface area contributed by atoms with Crippen LogP contribution in [0.15, 0.2) is 64.9 Å². The second-order valence-electron chi connectivity index (χ2n) is 5.83. The van der Waals surface area contributed by atoms with Crippen molar-refractivity contribution in [3.63, 3.8) is 0 Å². The fraction of sp³-hybridized carbons (Fsp3) is 0.0526. The van der Waals surface area contributed by atoms with Gasteiger partial charge >= 0.3 is 0 Å². The van der Waals surface area contributed by atoms with E-state index in [1.807, 2.05) is 0 Å². The number of nitrogens with one attached hydrogen (secondary N) is 3. The number of rotatable bonds is 6. The molecule has 0 fully saturated rings. The average molecular weight is 433 g/mol. The molecular weight excluding hydrogens is 417 g/mol. The molecule has 0 aliphatic heterocycles. The molecule has 0 unspecified atom stereocenters. The van der Waals surface area contributed by atoms with Crippen LogP contribution in [0.2, 0.25) is 0 Å². The Hall–Kier alpha value is -3.24. The summed E-state index contributed by atoms with van der Waals surface area (Å²) in [6.07, 6.45) is 0. The molecule has 7 nitrogen and oxygen atoms in total. The number of thiophene rings is 1. The van der Waals surface area contributed by atoms with Crippen molar-refractivity contribution in [3.8, 4) is 0 Å². The Bertz CT molecular complexity index is 1140. The molecule has 0 spiro atoms. The van der Waals surface area contributed by atoms with Crippen LogP contribution in [0.4, 0.5) is 15.1 Å². The summed E-state index contributed by atoms with van der Waals surface area (Å²) in [5, 5.41) is 7.26. The maximum atomic E-state index is 13.0. The lowest BCUT2D eigenvalue weighted by Crippen LogP contribution is -2.20. The van der Waals surface area contributed by atoms with Crippen LogP contribution in [0.1, 0.15) is 20.7 Å². The number of sulfonamides is 1. The fourth-order valence-electron chi connectivity index (χ4n) is 2.41. The van der Waals surface area contributed by atoms with E-state index in [1.54, 1.807) is 11.4 Å². The second kappa shape index (κ2) is 8.41. The van der Waals surface area contributed by atoms with E-state index in [-0.39, 0.29) is 22.1 Å². The third-order valence-corrected chi connectivity index (χ3v) is 6.11. The zero-order valence-corrected chi connectivity index (χ0v) is 16.7. The molecular formula is C19H16FN3O4S2. The number of carbonyl (C=O) groups is 2. The summed E-state index contributed by atoms with van der Waals surface area (Å²) in [4.78, 5) is 24.1. The van der Waals surface area contributed by atoms with E-state index in [4.69, 9.17) is 0 Å². The summed E-state index contributed by atoms with van der Waals surface area (Å²) < 4.78 is 40.0. The SMILES string of the molecule is CNC(=O)c1ccsc1NC(=O)c1ccc(NS(=O)(=O)c2ccc(F)cc2)cc1. The molecule has 1 heterocycles. The van der Waals surface area contributed by atoms with E-state index in [1.165, 1.54) is 42.6 Å². The smallest absolute Gasteiger partial charge is 0.261 e. The molecule has 1 aromatic heterocycles. The first-order valence-electron chi connectivity index (χ1n) is 8.29. The van der Waals surface area contributed by atoms with Crippen molar-refractivity contribution < 1.29 is 22.4 Å². The van der Waals surface area contributed by atoms with E-state index < -0.39 is 21.7 Å². The van der Waals surface area contributed by atoms with E-state index >= 15 is 0 Å². The maximum Gasteiger partial charge on any atom is 0.261 e. The Morgan fingerprint density at radius 3 is 2.21 bits per heavy atom. The molecule has 0 aliphatic rings. The Morgan fingerprint density at radius 2 is 1.59 bits per heavy atom. The van der Waals surface area contributed by atoms with Crippen molar-refractivity contribution in [1.29, 1.82) is 0 Å². The number of anilines is 2. The van der Waals surface area contributed by atoms with Gasteiger partial charge in [-0.2, -0.15) is 0 Å². The number of halogens is 1. The van der Waals surface area contributed by atoms with Gasteiger partial charge in [-0.05, 0) is 60.0 Å². The zero-order chi connectivity index (χ0) is 21.0. The van der Waals surface area contributed by atoms with Crippen LogP contribution < -0.4 is 15.4 Å². The number of hydrogen-bond donors (Lipinski definition) is 3. The number of benzene rings is 2. The molecule has 0 atom stereocenters. The van der Waals surface area contributed by atoms with Gasteiger partial charge in [-0.1, -0.05) is 0 Å². The molecule has 10 heteroatoms. The number of carbonyl (C=O) groups excluding carboxylic acids is 2. The van der Waals surface area contributed by atoms with Gasteiger partial charge < -0.3 is 10.6 Å². The molecule has 29 heavy (non-hydrogen) atoms. The minimum atomic E-state index is -3.88. The minimum Gasteiger partial charge on any atom is -0.355 e. The maximum absolute atomic E-state index is 13.0. The van der Waals surface area contributed by atoms with Gasteiger partial charge in [-0.3, -0.25) is 14.3 Å². The molecule has 0 aliphatic carbocycles. The van der Waals surface area contributed by atoms with Crippen LogP contribution in [-0.2, 0) is 10.0 Å². The predicted octanol–water partition coefficient (Wildman–Crippen LogP) is 3.30. The van der Waals surface area contributed by atoms with Crippen LogP contribution >= 0.6 is 11.3 Å². The third kappa shape index (κ3) is 4.79. The van der Waals surface area contributed by atoms with Crippen molar-refractivity contribution >= 4 is 43.9 Å². The predicted molar refractivity (Wildman–Crippen MR) is 109 cm³/mol. The molecule has 2 amide bonds. The van der Waals surface area contributed by atoms with Crippen molar-refractivity contribution in [2.45, 2.75) is 4.90 Å². The number of amides is 2. The van der Waals surface area contributed by atoms with Crippen LogP contribution in [0.25, 0.3) is 0 Å². The molecule has 0 saturated carbocycles. The molecule has 3 N–H and O–H groups in total. The van der Waals surface area contributed by atoms with Crippen LogP contribution in [-0.4, -0.2) is 27.3 Å². The lowest BCUT2D eigenvalue weighted by molar-refractivity contribution is 0.0964. The van der Waals surface area contributed by atoms with Gasteiger partial charge in [-0.15, -0.1) is 11.3 Å². The highest BCUT2D eigenvalue weighted by molar-refractivity contribution is 7.92. The molecule has 3 aromatic rings. The zero-order valence-electron chi connectivity index (χ0n) is 15.1. The second-order valence-corrected chi connectivity index (χ2v) is 8.43. The average Bonchev–Trinajstić information content (AvgIpc) is 3.16. The highest BCUT2D eigenvalue weighted by atomic mass is 32.2. The van der Waals surface area contributed by atoms with Gasteiger partial charge in [-0.25, -0.2) is 12.8 Å². The van der Waals surface area contributed by atoms with Gasteiger partial charge in [0.2, 0.25) is 0 Å². The quantitative estimate of drug-likeness (QED) is 0.555. The summed E-state index contributed by atoms with van der Waals surface area (Å²) in [5.74, 6) is -1.29. The van der Waals surface area contributed by atoms with Crippen molar-refractivity contribution in [3.05, 3.63) is 76.9 Å². The lowest BCUT2D eigenvalue weighted by atomic mass is 10.2. The van der Waals surface area contributed by atoms with Crippen LogP contribution in [0.5, 0.6) is 0 Å². The Kier molecular flexibility index (Phi) is 5.95. The summed E-state index contributed by atoms with van der Waals surface area (Å²) in [6, 6.07) is 11.8. The molecule has 3 rings (SSSR count). The van der Waals surface area contributed by atoms with Gasteiger partial charge in [0.05, 0.1) is 10.5 Å². The van der Waals surface area contributed by atoms with E-state index in [9.17, 15) is 22.4 Å². The van der Waals surface area contributed by atoms with Gasteiger partial charge in [0.25, 0.3) is 21.8 Å². The Morgan fingerprint density at radius 1 is 0.931 bits per heavy atom. The Labute approximate surface area is 170 Å². The normalized spacial score (nSPS) is 11.0. The number of hydrogen-bond acceptors (Lipinski definition) is 5. The molecule has 0 bridgehead atoms. The summed E-state index contributed by atoms with van der Waals surface area (Å²) >= 11 is 1.21. The first-order chi connectivity index (χ1) is 13.8. The standard InChI is InChI=1S/C19H16FN3O4S2/c1-21-18(25)16-10-11-28-19(16)22-17(24)12-2-6-14(7-3-12)23-29(26,27)15-8-4-13(20)5-9-15/h2-11,23H,1H3,(H,21,25)(H,22,24). The summed E-state index contributed by atoms with van der Waals surface area (Å²) in [5.41, 5.74) is 0.883. The van der Waals surface area contributed by atoms with Gasteiger partial charge in [0.1, 0.15) is 10.8 Å². The molecule has 150 valence electrons. The van der Waals surface area contributed by atoms with Crippen molar-refractivity contribution in [2.75, 3.05) is 17.1 Å². The monoisotopic (exact) mass is 433 g/mol. The van der Waals surface area contributed by atoms with E-state index in [0.29, 0.717) is 10.6 Å². The highest BCUT2D eigenvalue weighted by Crippen LogP contribution is 2.24. The summed E-state index contributed by atoms with van der Waals surface area (Å²) in [6.45, 7) is 0. The van der Waals surface area contributed by atoms with Crippen molar-refractivity contribution in [1.82, 2.24) is 5.32 Å².